The van der Waals surface area contributed by atoms with Crippen molar-refractivity contribution >= 4 is 6.29 Å². The maximum Gasteiger partial charge on any atom is 0.130 e. The number of nitrogens with one attached hydrogen (secondary N) is 3. The van der Waals surface area contributed by atoms with Crippen LogP contribution in [0.4, 0.5) is 0 Å². The van der Waals surface area contributed by atoms with Crippen molar-refractivity contribution in [1.82, 2.24) is 16.0 Å². The highest BCUT2D eigenvalue weighted by Crippen LogP contribution is 2.48. The molecular formula is C13H25N3O. The normalized spacial score (nSPS) is 27.1. The molecule has 0 fully saturated rings. The molecule has 1 aliphatic rings. The summed E-state index contributed by atoms with van der Waals surface area (Å²) >= 11 is 0. The summed E-state index contributed by atoms with van der Waals surface area (Å²) in [5.41, 5.74) is 2.24. The molecule has 2 atom stereocenters. The number of aldehydes is 1. The van der Waals surface area contributed by atoms with Gasteiger partial charge in [0.2, 0.25) is 0 Å². The standard InChI is InChI=1S/C13H25N3O/c1-6-13(7-2)11(15-4)9(8-17)10(14-3)12(13)16-5/h8-9,11,14-16H,6-7H2,1-5H3. The first kappa shape index (κ1) is 14.0. The zero-order valence-electron chi connectivity index (χ0n) is 11.6. The van der Waals surface area contributed by atoms with Gasteiger partial charge in [-0.05, 0) is 19.9 Å². The van der Waals surface area contributed by atoms with E-state index in [0.29, 0.717) is 0 Å². The monoisotopic (exact) mass is 239 g/mol. The SMILES string of the molecule is CCC1(CC)C(NC)=C(NC)C(C=O)C1NC. The van der Waals surface area contributed by atoms with E-state index >= 15 is 0 Å². The van der Waals surface area contributed by atoms with Gasteiger partial charge in [0.25, 0.3) is 0 Å². The molecule has 17 heavy (non-hydrogen) atoms. The van der Waals surface area contributed by atoms with Crippen LogP contribution in [0.5, 0.6) is 0 Å². The molecule has 0 saturated carbocycles. The zero-order chi connectivity index (χ0) is 13.1. The van der Waals surface area contributed by atoms with Gasteiger partial charge in [0, 0.05) is 36.9 Å². The molecule has 0 aromatic rings. The fraction of sp³-hybridized carbons (Fsp3) is 0.769. The minimum absolute atomic E-state index is 0.0212. The minimum atomic E-state index is -0.0904. The summed E-state index contributed by atoms with van der Waals surface area (Å²) in [6.45, 7) is 4.37. The highest BCUT2D eigenvalue weighted by Gasteiger charge is 2.50. The van der Waals surface area contributed by atoms with Crippen LogP contribution in [0.3, 0.4) is 0 Å². The molecule has 4 nitrogen and oxygen atoms in total. The largest absolute Gasteiger partial charge is 0.390 e. The molecule has 0 heterocycles. The summed E-state index contributed by atoms with van der Waals surface area (Å²) in [5, 5.41) is 9.84. The van der Waals surface area contributed by atoms with Gasteiger partial charge in [-0.1, -0.05) is 13.8 Å². The first-order valence-electron chi connectivity index (χ1n) is 6.39. The second-order valence-corrected chi connectivity index (χ2v) is 4.58. The molecule has 3 N–H and O–H groups in total. The number of hydrogen-bond donors (Lipinski definition) is 3. The van der Waals surface area contributed by atoms with Crippen LogP contribution < -0.4 is 16.0 Å². The van der Waals surface area contributed by atoms with Gasteiger partial charge in [-0.2, -0.15) is 0 Å². The van der Waals surface area contributed by atoms with E-state index in [1.807, 2.05) is 21.1 Å². The second-order valence-electron chi connectivity index (χ2n) is 4.58. The molecule has 0 aromatic carbocycles. The number of rotatable bonds is 6. The van der Waals surface area contributed by atoms with Gasteiger partial charge in [-0.3, -0.25) is 0 Å². The Bertz CT molecular complexity index is 308. The van der Waals surface area contributed by atoms with Crippen LogP contribution in [-0.2, 0) is 4.79 Å². The fourth-order valence-corrected chi connectivity index (χ4v) is 3.42. The Balaban J connectivity index is 3.34. The Morgan fingerprint density at radius 1 is 1.18 bits per heavy atom. The molecular weight excluding hydrogens is 214 g/mol. The summed E-state index contributed by atoms with van der Waals surface area (Å²) in [7, 11) is 5.76. The Kier molecular flexibility index (Phi) is 4.57. The Hall–Kier alpha value is -1.03. The molecule has 1 aliphatic carbocycles. The Morgan fingerprint density at radius 2 is 1.76 bits per heavy atom. The predicted octanol–water partition coefficient (Wildman–Crippen LogP) is 0.860. The van der Waals surface area contributed by atoms with Crippen molar-refractivity contribution in [2.24, 2.45) is 11.3 Å². The van der Waals surface area contributed by atoms with Crippen LogP contribution >= 0.6 is 0 Å². The van der Waals surface area contributed by atoms with Gasteiger partial charge in [0.05, 0.1) is 5.92 Å². The van der Waals surface area contributed by atoms with Crippen LogP contribution in [0.1, 0.15) is 26.7 Å². The Labute approximate surface area is 104 Å². The molecule has 1 rings (SSSR count). The average Bonchev–Trinajstić information content (AvgIpc) is 2.66. The van der Waals surface area contributed by atoms with Crippen LogP contribution in [-0.4, -0.2) is 33.5 Å². The van der Waals surface area contributed by atoms with Gasteiger partial charge in [0.15, 0.2) is 0 Å². The van der Waals surface area contributed by atoms with Crippen LogP contribution in [0.15, 0.2) is 11.4 Å². The third-order valence-corrected chi connectivity index (χ3v) is 4.29. The third-order valence-electron chi connectivity index (χ3n) is 4.29. The van der Waals surface area contributed by atoms with Gasteiger partial charge in [0.1, 0.15) is 6.29 Å². The molecule has 0 amide bonds. The maximum absolute atomic E-state index is 11.4. The van der Waals surface area contributed by atoms with Crippen molar-refractivity contribution in [3.63, 3.8) is 0 Å². The lowest BCUT2D eigenvalue weighted by Crippen LogP contribution is -2.47. The van der Waals surface area contributed by atoms with Gasteiger partial charge in [-0.15, -0.1) is 0 Å². The van der Waals surface area contributed by atoms with E-state index < -0.39 is 0 Å². The van der Waals surface area contributed by atoms with Crippen LogP contribution in [0, 0.1) is 11.3 Å². The van der Waals surface area contributed by atoms with E-state index in [1.54, 1.807) is 0 Å². The van der Waals surface area contributed by atoms with E-state index in [0.717, 1.165) is 24.8 Å². The zero-order valence-corrected chi connectivity index (χ0v) is 11.6. The molecule has 0 bridgehead atoms. The fourth-order valence-electron chi connectivity index (χ4n) is 3.42. The highest BCUT2D eigenvalue weighted by molar-refractivity contribution is 5.64. The maximum atomic E-state index is 11.4. The summed E-state index contributed by atoms with van der Waals surface area (Å²) in [6, 6.07) is 0.167. The van der Waals surface area contributed by atoms with E-state index in [9.17, 15) is 4.79 Å². The van der Waals surface area contributed by atoms with Crippen molar-refractivity contribution in [3.8, 4) is 0 Å². The predicted molar refractivity (Wildman–Crippen MR) is 70.6 cm³/mol. The summed E-state index contributed by atoms with van der Waals surface area (Å²) in [4.78, 5) is 11.4. The van der Waals surface area contributed by atoms with E-state index in [-0.39, 0.29) is 17.4 Å². The quantitative estimate of drug-likeness (QED) is 0.602. The number of carbonyl (C=O) groups is 1. The van der Waals surface area contributed by atoms with Crippen LogP contribution in [0.25, 0.3) is 0 Å². The van der Waals surface area contributed by atoms with Crippen molar-refractivity contribution in [3.05, 3.63) is 11.4 Å². The van der Waals surface area contributed by atoms with Crippen molar-refractivity contribution < 1.29 is 4.79 Å². The Morgan fingerprint density at radius 3 is 2.06 bits per heavy atom. The lowest BCUT2D eigenvalue weighted by atomic mass is 9.74. The lowest BCUT2D eigenvalue weighted by molar-refractivity contribution is -0.111. The molecule has 2 unspecified atom stereocenters. The summed E-state index contributed by atoms with van der Waals surface area (Å²) in [6.07, 6.45) is 3.08. The molecule has 0 aliphatic heterocycles. The second kappa shape index (κ2) is 5.54. The summed E-state index contributed by atoms with van der Waals surface area (Å²) < 4.78 is 0. The summed E-state index contributed by atoms with van der Waals surface area (Å²) in [5.74, 6) is -0.0904. The topological polar surface area (TPSA) is 53.2 Å². The van der Waals surface area contributed by atoms with Crippen molar-refractivity contribution in [2.45, 2.75) is 32.7 Å². The van der Waals surface area contributed by atoms with Crippen LogP contribution in [0.2, 0.25) is 0 Å². The van der Waals surface area contributed by atoms with E-state index in [4.69, 9.17) is 0 Å². The van der Waals surface area contributed by atoms with Crippen molar-refractivity contribution in [1.29, 1.82) is 0 Å². The molecule has 98 valence electrons. The van der Waals surface area contributed by atoms with E-state index in [1.165, 1.54) is 5.70 Å². The van der Waals surface area contributed by atoms with Gasteiger partial charge >= 0.3 is 0 Å². The number of hydrogen-bond acceptors (Lipinski definition) is 4. The number of carbonyl (C=O) groups excluding carboxylic acids is 1. The molecule has 0 radical (unpaired) electrons. The average molecular weight is 239 g/mol. The van der Waals surface area contributed by atoms with Gasteiger partial charge in [-0.25, -0.2) is 0 Å². The van der Waals surface area contributed by atoms with Gasteiger partial charge < -0.3 is 20.7 Å². The third kappa shape index (κ3) is 1.84. The molecule has 0 spiro atoms. The van der Waals surface area contributed by atoms with Crippen molar-refractivity contribution in [2.75, 3.05) is 21.1 Å². The first-order valence-corrected chi connectivity index (χ1v) is 6.39. The minimum Gasteiger partial charge on any atom is -0.390 e. The smallest absolute Gasteiger partial charge is 0.130 e. The first-order chi connectivity index (χ1) is 8.16. The van der Waals surface area contributed by atoms with E-state index in [2.05, 4.69) is 29.8 Å². The lowest BCUT2D eigenvalue weighted by Gasteiger charge is -2.37. The molecule has 4 heteroatoms. The molecule has 0 saturated heterocycles. The highest BCUT2D eigenvalue weighted by atomic mass is 16.1. The molecule has 0 aromatic heterocycles.